The van der Waals surface area contributed by atoms with E-state index in [1.165, 1.54) is 5.56 Å². The van der Waals surface area contributed by atoms with Crippen molar-refractivity contribution in [2.75, 3.05) is 13.1 Å². The molecule has 0 N–H and O–H groups in total. The molecule has 100 valence electrons. The van der Waals surface area contributed by atoms with Gasteiger partial charge in [0.05, 0.1) is 5.92 Å². The predicted octanol–water partition coefficient (Wildman–Crippen LogP) is 3.02. The third-order valence-electron chi connectivity index (χ3n) is 3.52. The molecular formula is C14H16ClN3O. The van der Waals surface area contributed by atoms with E-state index in [1.807, 2.05) is 25.1 Å². The van der Waals surface area contributed by atoms with Gasteiger partial charge in [0.15, 0.2) is 0 Å². The van der Waals surface area contributed by atoms with Crippen LogP contribution in [0, 0.1) is 6.92 Å². The van der Waals surface area contributed by atoms with E-state index in [0.29, 0.717) is 11.8 Å². The van der Waals surface area contributed by atoms with Gasteiger partial charge in [-0.3, -0.25) is 4.90 Å². The van der Waals surface area contributed by atoms with Crippen molar-refractivity contribution < 1.29 is 4.42 Å². The van der Waals surface area contributed by atoms with Crippen LogP contribution in [0.5, 0.6) is 0 Å². The summed E-state index contributed by atoms with van der Waals surface area (Å²) in [5, 5.41) is 8.85. The summed E-state index contributed by atoms with van der Waals surface area (Å²) in [6.45, 7) is 4.69. The normalized spacial score (nSPS) is 20.0. The van der Waals surface area contributed by atoms with Gasteiger partial charge in [-0.25, -0.2) is 0 Å². The molecule has 0 bridgehead atoms. The molecule has 1 fully saturated rings. The fourth-order valence-electron chi connectivity index (χ4n) is 2.52. The van der Waals surface area contributed by atoms with Crippen molar-refractivity contribution in [2.45, 2.75) is 25.8 Å². The van der Waals surface area contributed by atoms with E-state index in [2.05, 4.69) is 21.2 Å². The van der Waals surface area contributed by atoms with Crippen LogP contribution in [0.2, 0.25) is 5.02 Å². The molecule has 1 aliphatic rings. The smallest absolute Gasteiger partial charge is 0.220 e. The molecule has 0 amide bonds. The van der Waals surface area contributed by atoms with E-state index in [4.69, 9.17) is 16.0 Å². The maximum atomic E-state index is 6.19. The highest BCUT2D eigenvalue weighted by Crippen LogP contribution is 2.28. The first-order valence-electron chi connectivity index (χ1n) is 6.48. The molecule has 1 saturated heterocycles. The summed E-state index contributed by atoms with van der Waals surface area (Å²) in [5.74, 6) is 1.75. The van der Waals surface area contributed by atoms with E-state index < -0.39 is 0 Å². The summed E-state index contributed by atoms with van der Waals surface area (Å²) in [5.41, 5.74) is 1.17. The van der Waals surface area contributed by atoms with Crippen molar-refractivity contribution in [3.63, 3.8) is 0 Å². The van der Waals surface area contributed by atoms with Crippen LogP contribution in [0.15, 0.2) is 28.7 Å². The lowest BCUT2D eigenvalue weighted by molar-refractivity contribution is 0.319. The standard InChI is InChI=1S/C14H16ClN3O/c1-10-16-17-14(19-10)12-6-7-18(9-12)8-11-4-2-3-5-13(11)15/h2-5,12H,6-9H2,1H3/t12-/m0/s1. The van der Waals surface area contributed by atoms with E-state index >= 15 is 0 Å². The van der Waals surface area contributed by atoms with Gasteiger partial charge in [0.1, 0.15) is 0 Å². The van der Waals surface area contributed by atoms with E-state index in [0.717, 1.165) is 37.0 Å². The fourth-order valence-corrected chi connectivity index (χ4v) is 2.72. The van der Waals surface area contributed by atoms with Crippen molar-refractivity contribution in [3.05, 3.63) is 46.6 Å². The third kappa shape index (κ3) is 2.80. The first kappa shape index (κ1) is 12.6. The number of rotatable bonds is 3. The first-order chi connectivity index (χ1) is 9.22. The molecule has 2 heterocycles. The second-order valence-electron chi connectivity index (χ2n) is 4.97. The molecule has 4 nitrogen and oxygen atoms in total. The zero-order valence-electron chi connectivity index (χ0n) is 10.8. The molecular weight excluding hydrogens is 262 g/mol. The van der Waals surface area contributed by atoms with Crippen LogP contribution in [0.1, 0.15) is 29.7 Å². The molecule has 1 aliphatic heterocycles. The van der Waals surface area contributed by atoms with Crippen LogP contribution in [0.4, 0.5) is 0 Å². The summed E-state index contributed by atoms with van der Waals surface area (Å²) in [6, 6.07) is 7.99. The molecule has 1 aromatic heterocycles. The molecule has 0 spiro atoms. The molecule has 0 aliphatic carbocycles. The number of nitrogens with zero attached hydrogens (tertiary/aromatic N) is 3. The molecule has 19 heavy (non-hydrogen) atoms. The van der Waals surface area contributed by atoms with Gasteiger partial charge in [0.2, 0.25) is 11.8 Å². The Morgan fingerprint density at radius 3 is 2.95 bits per heavy atom. The maximum Gasteiger partial charge on any atom is 0.220 e. The van der Waals surface area contributed by atoms with Crippen molar-refractivity contribution in [2.24, 2.45) is 0 Å². The monoisotopic (exact) mass is 277 g/mol. The Balaban J connectivity index is 1.65. The Morgan fingerprint density at radius 2 is 2.21 bits per heavy atom. The Hall–Kier alpha value is -1.39. The topological polar surface area (TPSA) is 42.2 Å². The molecule has 1 aromatic carbocycles. The van der Waals surface area contributed by atoms with Gasteiger partial charge in [-0.05, 0) is 24.6 Å². The first-order valence-corrected chi connectivity index (χ1v) is 6.86. The van der Waals surface area contributed by atoms with Gasteiger partial charge in [-0.2, -0.15) is 0 Å². The lowest BCUT2D eigenvalue weighted by Gasteiger charge is -2.16. The Bertz CT molecular complexity index is 569. The minimum absolute atomic E-state index is 0.351. The number of aromatic nitrogens is 2. The highest BCUT2D eigenvalue weighted by molar-refractivity contribution is 6.31. The quantitative estimate of drug-likeness (QED) is 0.865. The maximum absolute atomic E-state index is 6.19. The number of aryl methyl sites for hydroxylation is 1. The predicted molar refractivity (Wildman–Crippen MR) is 73.1 cm³/mol. The van der Waals surface area contributed by atoms with Crippen LogP contribution in [-0.4, -0.2) is 28.2 Å². The second-order valence-corrected chi connectivity index (χ2v) is 5.38. The molecule has 0 unspecified atom stereocenters. The van der Waals surface area contributed by atoms with Gasteiger partial charge < -0.3 is 4.42 Å². The van der Waals surface area contributed by atoms with Gasteiger partial charge >= 0.3 is 0 Å². The average molecular weight is 278 g/mol. The lowest BCUT2D eigenvalue weighted by atomic mass is 10.1. The number of hydrogen-bond acceptors (Lipinski definition) is 4. The SMILES string of the molecule is Cc1nnc([C@H]2CCN(Cc3ccccc3Cl)C2)o1. The minimum Gasteiger partial charge on any atom is -0.425 e. The van der Waals surface area contributed by atoms with Crippen LogP contribution < -0.4 is 0 Å². The van der Waals surface area contributed by atoms with Crippen LogP contribution in [0.25, 0.3) is 0 Å². The Labute approximate surface area is 117 Å². The highest BCUT2D eigenvalue weighted by Gasteiger charge is 2.28. The lowest BCUT2D eigenvalue weighted by Crippen LogP contribution is -2.20. The minimum atomic E-state index is 0.351. The molecule has 0 saturated carbocycles. The van der Waals surface area contributed by atoms with Crippen molar-refractivity contribution in [1.82, 2.24) is 15.1 Å². The van der Waals surface area contributed by atoms with Crippen molar-refractivity contribution in [1.29, 1.82) is 0 Å². The number of hydrogen-bond donors (Lipinski definition) is 0. The van der Waals surface area contributed by atoms with Gasteiger partial charge in [-0.1, -0.05) is 29.8 Å². The van der Waals surface area contributed by atoms with E-state index in [9.17, 15) is 0 Å². The number of likely N-dealkylation sites (tertiary alicyclic amines) is 1. The van der Waals surface area contributed by atoms with Crippen LogP contribution in [-0.2, 0) is 6.54 Å². The zero-order chi connectivity index (χ0) is 13.2. The summed E-state index contributed by atoms with van der Waals surface area (Å²) in [6.07, 6.45) is 1.06. The Morgan fingerprint density at radius 1 is 1.37 bits per heavy atom. The largest absolute Gasteiger partial charge is 0.425 e. The molecule has 0 radical (unpaired) electrons. The molecule has 1 atom stereocenters. The van der Waals surface area contributed by atoms with Crippen molar-refractivity contribution >= 4 is 11.6 Å². The number of benzene rings is 1. The summed E-state index contributed by atoms with van der Waals surface area (Å²) in [4.78, 5) is 2.38. The van der Waals surface area contributed by atoms with E-state index in [-0.39, 0.29) is 0 Å². The average Bonchev–Trinajstić information content (AvgIpc) is 3.01. The summed E-state index contributed by atoms with van der Waals surface area (Å²) < 4.78 is 5.51. The van der Waals surface area contributed by atoms with Crippen LogP contribution >= 0.6 is 11.6 Å². The zero-order valence-corrected chi connectivity index (χ0v) is 11.6. The third-order valence-corrected chi connectivity index (χ3v) is 3.88. The fraction of sp³-hybridized carbons (Fsp3) is 0.429. The molecule has 2 aromatic rings. The summed E-state index contributed by atoms with van der Waals surface area (Å²) in [7, 11) is 0. The highest BCUT2D eigenvalue weighted by atomic mass is 35.5. The molecule has 5 heteroatoms. The van der Waals surface area contributed by atoms with Crippen molar-refractivity contribution in [3.8, 4) is 0 Å². The second kappa shape index (κ2) is 5.31. The van der Waals surface area contributed by atoms with Gasteiger partial charge in [0.25, 0.3) is 0 Å². The van der Waals surface area contributed by atoms with E-state index in [1.54, 1.807) is 0 Å². The summed E-state index contributed by atoms with van der Waals surface area (Å²) >= 11 is 6.19. The Kier molecular flexibility index (Phi) is 3.53. The molecule has 3 rings (SSSR count). The van der Waals surface area contributed by atoms with Gasteiger partial charge in [-0.15, -0.1) is 10.2 Å². The van der Waals surface area contributed by atoms with Gasteiger partial charge in [0, 0.05) is 25.0 Å². The number of halogens is 1. The van der Waals surface area contributed by atoms with Crippen LogP contribution in [0.3, 0.4) is 0 Å².